The molecular weight excluding hydrogens is 210 g/mol. The molecule has 0 aromatic carbocycles. The lowest BCUT2D eigenvalue weighted by Gasteiger charge is -2.16. The molecule has 0 radical (unpaired) electrons. The standard InChI is InChI=1S/C14H27N3/c1-5-8-9-15-11-12(4)17-14(7-3)10-13(6-2)16-17/h10,12,15H,5-9,11H2,1-4H3. The molecule has 0 aliphatic carbocycles. The molecule has 1 heterocycles. The van der Waals surface area contributed by atoms with Gasteiger partial charge in [-0.05, 0) is 38.8 Å². The van der Waals surface area contributed by atoms with E-state index >= 15 is 0 Å². The fraction of sp³-hybridized carbons (Fsp3) is 0.786. The van der Waals surface area contributed by atoms with Crippen molar-refractivity contribution in [1.82, 2.24) is 15.1 Å². The molecule has 17 heavy (non-hydrogen) atoms. The van der Waals surface area contributed by atoms with Gasteiger partial charge >= 0.3 is 0 Å². The van der Waals surface area contributed by atoms with Gasteiger partial charge in [-0.2, -0.15) is 5.10 Å². The Kier molecular flexibility index (Phi) is 6.27. The van der Waals surface area contributed by atoms with Crippen molar-refractivity contribution in [2.24, 2.45) is 0 Å². The lowest BCUT2D eigenvalue weighted by molar-refractivity contribution is 0.436. The van der Waals surface area contributed by atoms with Gasteiger partial charge in [0.2, 0.25) is 0 Å². The summed E-state index contributed by atoms with van der Waals surface area (Å²) in [7, 11) is 0. The van der Waals surface area contributed by atoms with Crippen molar-refractivity contribution in [2.75, 3.05) is 13.1 Å². The molecule has 0 saturated carbocycles. The SMILES string of the molecule is CCCCNCC(C)n1nc(CC)cc1CC. The summed E-state index contributed by atoms with van der Waals surface area (Å²) in [5.74, 6) is 0. The quantitative estimate of drug-likeness (QED) is 0.704. The van der Waals surface area contributed by atoms with Crippen molar-refractivity contribution < 1.29 is 0 Å². The third-order valence-corrected chi connectivity index (χ3v) is 3.15. The van der Waals surface area contributed by atoms with E-state index in [0.717, 1.165) is 25.9 Å². The van der Waals surface area contributed by atoms with Crippen LogP contribution in [0.3, 0.4) is 0 Å². The third kappa shape index (κ3) is 4.15. The summed E-state index contributed by atoms with van der Waals surface area (Å²) in [5, 5.41) is 8.18. The largest absolute Gasteiger partial charge is 0.315 e. The molecule has 0 fully saturated rings. The molecule has 0 aliphatic rings. The number of unbranched alkanes of at least 4 members (excludes halogenated alkanes) is 1. The number of nitrogens with one attached hydrogen (secondary N) is 1. The molecule has 3 heteroatoms. The summed E-state index contributed by atoms with van der Waals surface area (Å²) in [6.07, 6.45) is 4.60. The molecule has 1 unspecified atom stereocenters. The minimum Gasteiger partial charge on any atom is -0.315 e. The first kappa shape index (κ1) is 14.2. The molecule has 0 bridgehead atoms. The highest BCUT2D eigenvalue weighted by molar-refractivity contribution is 5.11. The van der Waals surface area contributed by atoms with Crippen LogP contribution in [-0.2, 0) is 12.8 Å². The van der Waals surface area contributed by atoms with Crippen molar-refractivity contribution >= 4 is 0 Å². The first-order valence-corrected chi connectivity index (χ1v) is 7.00. The Morgan fingerprint density at radius 2 is 2.06 bits per heavy atom. The average molecular weight is 237 g/mol. The predicted molar refractivity (Wildman–Crippen MR) is 73.5 cm³/mol. The smallest absolute Gasteiger partial charge is 0.0624 e. The van der Waals surface area contributed by atoms with Gasteiger partial charge in [-0.25, -0.2) is 0 Å². The van der Waals surface area contributed by atoms with E-state index in [9.17, 15) is 0 Å². The number of nitrogens with zero attached hydrogens (tertiary/aromatic N) is 2. The van der Waals surface area contributed by atoms with E-state index in [1.165, 1.54) is 24.2 Å². The van der Waals surface area contributed by atoms with Crippen molar-refractivity contribution in [3.8, 4) is 0 Å². The molecule has 1 atom stereocenters. The molecule has 3 nitrogen and oxygen atoms in total. The Hall–Kier alpha value is -0.830. The molecule has 1 aromatic heterocycles. The van der Waals surface area contributed by atoms with Gasteiger partial charge in [-0.3, -0.25) is 4.68 Å². The number of rotatable bonds is 8. The average Bonchev–Trinajstić information content (AvgIpc) is 2.77. The summed E-state index contributed by atoms with van der Waals surface area (Å²) in [6, 6.07) is 2.69. The second-order valence-electron chi connectivity index (χ2n) is 4.69. The maximum absolute atomic E-state index is 4.68. The van der Waals surface area contributed by atoms with Gasteiger partial charge in [-0.1, -0.05) is 27.2 Å². The molecular formula is C14H27N3. The van der Waals surface area contributed by atoms with Crippen molar-refractivity contribution in [2.45, 2.75) is 59.4 Å². The summed E-state index contributed by atoms with van der Waals surface area (Å²) >= 11 is 0. The zero-order chi connectivity index (χ0) is 12.7. The van der Waals surface area contributed by atoms with Gasteiger partial charge in [-0.15, -0.1) is 0 Å². The second-order valence-corrected chi connectivity index (χ2v) is 4.69. The van der Waals surface area contributed by atoms with Gasteiger partial charge in [0.1, 0.15) is 0 Å². The minimum atomic E-state index is 0.446. The van der Waals surface area contributed by atoms with E-state index < -0.39 is 0 Å². The molecule has 98 valence electrons. The third-order valence-electron chi connectivity index (χ3n) is 3.15. The molecule has 1 aromatic rings. The maximum Gasteiger partial charge on any atom is 0.0624 e. The Morgan fingerprint density at radius 1 is 1.29 bits per heavy atom. The Morgan fingerprint density at radius 3 is 2.65 bits per heavy atom. The van der Waals surface area contributed by atoms with Gasteiger partial charge in [0.25, 0.3) is 0 Å². The van der Waals surface area contributed by atoms with Crippen LogP contribution < -0.4 is 5.32 Å². The van der Waals surface area contributed by atoms with Gasteiger partial charge in [0.15, 0.2) is 0 Å². The van der Waals surface area contributed by atoms with Crippen LogP contribution in [0.4, 0.5) is 0 Å². The molecule has 1 N–H and O–H groups in total. The van der Waals surface area contributed by atoms with E-state index in [0.29, 0.717) is 6.04 Å². The topological polar surface area (TPSA) is 29.9 Å². The zero-order valence-electron chi connectivity index (χ0n) is 11.8. The van der Waals surface area contributed by atoms with Crippen LogP contribution in [0.1, 0.15) is 58.0 Å². The van der Waals surface area contributed by atoms with Crippen LogP contribution in [0.15, 0.2) is 6.07 Å². The molecule has 0 saturated heterocycles. The van der Waals surface area contributed by atoms with Crippen LogP contribution in [0.25, 0.3) is 0 Å². The van der Waals surface area contributed by atoms with Crippen LogP contribution in [-0.4, -0.2) is 22.9 Å². The number of hydrogen-bond acceptors (Lipinski definition) is 2. The monoisotopic (exact) mass is 237 g/mol. The first-order chi connectivity index (χ1) is 8.22. The highest BCUT2D eigenvalue weighted by Crippen LogP contribution is 2.12. The number of hydrogen-bond donors (Lipinski definition) is 1. The lowest BCUT2D eigenvalue weighted by Crippen LogP contribution is -2.26. The highest BCUT2D eigenvalue weighted by Gasteiger charge is 2.11. The van der Waals surface area contributed by atoms with E-state index in [1.54, 1.807) is 0 Å². The Balaban J connectivity index is 2.54. The van der Waals surface area contributed by atoms with Crippen LogP contribution in [0.5, 0.6) is 0 Å². The number of aromatic nitrogens is 2. The van der Waals surface area contributed by atoms with Crippen LogP contribution >= 0.6 is 0 Å². The van der Waals surface area contributed by atoms with Crippen LogP contribution in [0.2, 0.25) is 0 Å². The fourth-order valence-corrected chi connectivity index (χ4v) is 2.01. The van der Waals surface area contributed by atoms with Gasteiger partial charge < -0.3 is 5.32 Å². The summed E-state index contributed by atoms with van der Waals surface area (Å²) in [5.41, 5.74) is 2.56. The normalized spacial score (nSPS) is 12.9. The van der Waals surface area contributed by atoms with Crippen molar-refractivity contribution in [3.05, 3.63) is 17.5 Å². The lowest BCUT2D eigenvalue weighted by atomic mass is 10.2. The molecule has 0 aliphatic heterocycles. The minimum absolute atomic E-state index is 0.446. The summed E-state index contributed by atoms with van der Waals surface area (Å²) in [4.78, 5) is 0. The predicted octanol–water partition coefficient (Wildman–Crippen LogP) is 2.96. The molecule has 1 rings (SSSR count). The summed E-state index contributed by atoms with van der Waals surface area (Å²) < 4.78 is 2.19. The van der Waals surface area contributed by atoms with E-state index in [4.69, 9.17) is 0 Å². The number of aryl methyl sites for hydroxylation is 2. The first-order valence-electron chi connectivity index (χ1n) is 7.00. The van der Waals surface area contributed by atoms with E-state index in [2.05, 4.69) is 48.9 Å². The van der Waals surface area contributed by atoms with Crippen molar-refractivity contribution in [3.63, 3.8) is 0 Å². The van der Waals surface area contributed by atoms with E-state index in [-0.39, 0.29) is 0 Å². The summed E-state index contributed by atoms with van der Waals surface area (Å²) in [6.45, 7) is 11.0. The fourth-order valence-electron chi connectivity index (χ4n) is 2.01. The maximum atomic E-state index is 4.68. The van der Waals surface area contributed by atoms with Gasteiger partial charge in [0, 0.05) is 12.2 Å². The highest BCUT2D eigenvalue weighted by atomic mass is 15.3. The van der Waals surface area contributed by atoms with Crippen LogP contribution in [0, 0.1) is 0 Å². The van der Waals surface area contributed by atoms with E-state index in [1.807, 2.05) is 0 Å². The van der Waals surface area contributed by atoms with Gasteiger partial charge in [0.05, 0.1) is 11.7 Å². The molecule has 0 spiro atoms. The Bertz CT molecular complexity index is 317. The molecule has 0 amide bonds. The Labute approximate surface area is 106 Å². The second kappa shape index (κ2) is 7.49. The van der Waals surface area contributed by atoms with Crippen molar-refractivity contribution in [1.29, 1.82) is 0 Å². The zero-order valence-corrected chi connectivity index (χ0v) is 11.8.